The highest BCUT2D eigenvalue weighted by atomic mass is 35.5. The Morgan fingerprint density at radius 2 is 2.14 bits per heavy atom. The number of hydrogen-bond donors (Lipinski definition) is 1. The Kier molecular flexibility index (Phi) is 3.62. The molecule has 0 amide bonds. The Hall–Kier alpha value is -0.470. The van der Waals surface area contributed by atoms with Gasteiger partial charge in [-0.25, -0.2) is 4.84 Å². The van der Waals surface area contributed by atoms with Crippen LogP contribution in [0, 0.1) is 12.3 Å². The highest BCUT2D eigenvalue weighted by molar-refractivity contribution is 6.13. The van der Waals surface area contributed by atoms with E-state index in [-0.39, 0.29) is 11.5 Å². The molecule has 1 atom stereocenters. The van der Waals surface area contributed by atoms with Crippen molar-refractivity contribution in [2.45, 2.75) is 40.2 Å². The van der Waals surface area contributed by atoms with Crippen LogP contribution >= 0.6 is 11.8 Å². The van der Waals surface area contributed by atoms with Gasteiger partial charge in [-0.3, -0.25) is 0 Å². The maximum absolute atomic E-state index is 5.76. The smallest absolute Gasteiger partial charge is 0.122 e. The summed E-state index contributed by atoms with van der Waals surface area (Å²) in [7, 11) is 0. The van der Waals surface area contributed by atoms with Crippen molar-refractivity contribution in [3.8, 4) is 0 Å². The summed E-state index contributed by atoms with van der Waals surface area (Å²) < 4.78 is 5.58. The first kappa shape index (κ1) is 11.6. The fourth-order valence-corrected chi connectivity index (χ4v) is 1.80. The van der Waals surface area contributed by atoms with E-state index in [9.17, 15) is 0 Å². The van der Waals surface area contributed by atoms with Gasteiger partial charge in [0.05, 0.1) is 6.04 Å². The van der Waals surface area contributed by atoms with Crippen molar-refractivity contribution < 1.29 is 4.42 Å². The minimum atomic E-state index is 0.0582. The molecule has 0 aromatic carbocycles. The van der Waals surface area contributed by atoms with E-state index in [4.69, 9.17) is 16.2 Å². The van der Waals surface area contributed by atoms with E-state index in [1.165, 1.54) is 0 Å². The largest absolute Gasteiger partial charge is 0.465 e. The Morgan fingerprint density at radius 3 is 2.50 bits per heavy atom. The van der Waals surface area contributed by atoms with Crippen LogP contribution in [0.3, 0.4) is 0 Å². The van der Waals surface area contributed by atoms with Crippen LogP contribution in [0.2, 0.25) is 0 Å². The highest BCUT2D eigenvalue weighted by Gasteiger charge is 2.30. The molecule has 1 rings (SSSR count). The first-order valence-corrected chi connectivity index (χ1v) is 5.31. The van der Waals surface area contributed by atoms with E-state index < -0.39 is 0 Å². The van der Waals surface area contributed by atoms with E-state index in [0.717, 1.165) is 17.9 Å². The van der Waals surface area contributed by atoms with Gasteiger partial charge in [0.15, 0.2) is 0 Å². The summed E-state index contributed by atoms with van der Waals surface area (Å²) in [4.78, 5) is 2.80. The molecule has 0 radical (unpaired) electrons. The van der Waals surface area contributed by atoms with Crippen LogP contribution in [0.1, 0.15) is 44.8 Å². The minimum Gasteiger partial charge on any atom is -0.465 e. The number of hydrogen-bond acceptors (Lipinski definition) is 2. The predicted molar refractivity (Wildman–Crippen MR) is 59.2 cm³/mol. The topological polar surface area (TPSA) is 25.2 Å². The van der Waals surface area contributed by atoms with E-state index >= 15 is 0 Å². The monoisotopic (exact) mass is 215 g/mol. The lowest BCUT2D eigenvalue weighted by Gasteiger charge is -2.30. The van der Waals surface area contributed by atoms with Gasteiger partial charge in [-0.15, -0.1) is 0 Å². The van der Waals surface area contributed by atoms with Crippen molar-refractivity contribution >= 4 is 11.8 Å². The van der Waals surface area contributed by atoms with Crippen molar-refractivity contribution in [2.75, 3.05) is 0 Å². The minimum absolute atomic E-state index is 0.0582. The second kappa shape index (κ2) is 4.37. The summed E-state index contributed by atoms with van der Waals surface area (Å²) in [5.41, 5.74) is 0.0893. The molecule has 1 aromatic heterocycles. The molecule has 0 aliphatic carbocycles. The van der Waals surface area contributed by atoms with Crippen LogP contribution in [0.4, 0.5) is 0 Å². The van der Waals surface area contributed by atoms with Crippen molar-refractivity contribution in [2.24, 2.45) is 5.41 Å². The average Bonchev–Trinajstić information content (AvgIpc) is 2.53. The highest BCUT2D eigenvalue weighted by Crippen LogP contribution is 2.37. The van der Waals surface area contributed by atoms with Crippen molar-refractivity contribution in [1.82, 2.24) is 4.84 Å². The number of halogens is 1. The lowest BCUT2D eigenvalue weighted by Crippen LogP contribution is -2.28. The van der Waals surface area contributed by atoms with Crippen molar-refractivity contribution in [1.29, 1.82) is 0 Å². The molecular formula is C11H18ClNO. The summed E-state index contributed by atoms with van der Waals surface area (Å²) in [5, 5.41) is 0. The molecule has 0 unspecified atom stereocenters. The van der Waals surface area contributed by atoms with E-state index in [2.05, 4.69) is 25.6 Å². The van der Waals surface area contributed by atoms with Crippen molar-refractivity contribution in [3.05, 3.63) is 23.7 Å². The normalized spacial score (nSPS) is 14.4. The first-order chi connectivity index (χ1) is 6.51. The second-order valence-electron chi connectivity index (χ2n) is 4.33. The zero-order valence-electron chi connectivity index (χ0n) is 9.23. The third kappa shape index (κ3) is 2.31. The molecule has 0 saturated heterocycles. The summed E-state index contributed by atoms with van der Waals surface area (Å²) in [6, 6.07) is 4.00. The van der Waals surface area contributed by atoms with Crippen molar-refractivity contribution in [3.63, 3.8) is 0 Å². The molecule has 0 saturated carbocycles. The van der Waals surface area contributed by atoms with E-state index in [0.29, 0.717) is 0 Å². The molecule has 0 spiro atoms. The summed E-state index contributed by atoms with van der Waals surface area (Å²) in [5.74, 6) is 1.83. The van der Waals surface area contributed by atoms with Crippen LogP contribution in [0.25, 0.3) is 0 Å². The van der Waals surface area contributed by atoms with Gasteiger partial charge < -0.3 is 4.42 Å². The van der Waals surface area contributed by atoms with Crippen LogP contribution in [-0.4, -0.2) is 0 Å². The van der Waals surface area contributed by atoms with Gasteiger partial charge in [0.1, 0.15) is 11.5 Å². The molecule has 0 fully saturated rings. The molecule has 1 heterocycles. The first-order valence-electron chi connectivity index (χ1n) is 4.93. The van der Waals surface area contributed by atoms with Gasteiger partial charge in [-0.1, -0.05) is 20.8 Å². The zero-order chi connectivity index (χ0) is 10.8. The van der Waals surface area contributed by atoms with Gasteiger partial charge >= 0.3 is 0 Å². The molecule has 14 heavy (non-hydrogen) atoms. The number of aryl methyl sites for hydroxylation is 1. The van der Waals surface area contributed by atoms with Gasteiger partial charge in [0.25, 0.3) is 0 Å². The Balaban J connectivity index is 2.92. The molecule has 0 bridgehead atoms. The lowest BCUT2D eigenvalue weighted by molar-refractivity contribution is 0.230. The average molecular weight is 216 g/mol. The third-order valence-electron chi connectivity index (χ3n) is 2.85. The van der Waals surface area contributed by atoms with Crippen LogP contribution in [-0.2, 0) is 0 Å². The molecule has 2 nitrogen and oxygen atoms in total. The summed E-state index contributed by atoms with van der Waals surface area (Å²) in [6.07, 6.45) is 1.04. The lowest BCUT2D eigenvalue weighted by atomic mass is 9.81. The van der Waals surface area contributed by atoms with E-state index in [1.807, 2.05) is 19.1 Å². The molecule has 1 N–H and O–H groups in total. The molecule has 80 valence electrons. The maximum Gasteiger partial charge on any atom is 0.122 e. The molecular weight excluding hydrogens is 198 g/mol. The van der Waals surface area contributed by atoms with Crippen LogP contribution < -0.4 is 4.84 Å². The number of nitrogens with one attached hydrogen (secondary N) is 1. The molecule has 1 aromatic rings. The Labute approximate surface area is 90.7 Å². The number of furan rings is 1. The number of rotatable bonds is 4. The molecule has 3 heteroatoms. The summed E-state index contributed by atoms with van der Waals surface area (Å²) in [6.45, 7) is 8.43. The zero-order valence-corrected chi connectivity index (χ0v) is 9.98. The third-order valence-corrected chi connectivity index (χ3v) is 3.07. The fraction of sp³-hybridized carbons (Fsp3) is 0.636. The summed E-state index contributed by atoms with van der Waals surface area (Å²) >= 11 is 5.76. The molecule has 0 aliphatic rings. The standard InChI is InChI=1S/C11H18ClNO/c1-5-11(3,4)10(13-12)9-7-6-8(2)14-9/h6-7,10,13H,5H2,1-4H3/t10-/m0/s1. The van der Waals surface area contributed by atoms with Gasteiger partial charge in [0, 0.05) is 0 Å². The van der Waals surface area contributed by atoms with Crippen LogP contribution in [0.5, 0.6) is 0 Å². The predicted octanol–water partition coefficient (Wildman–Crippen LogP) is 3.81. The van der Waals surface area contributed by atoms with Gasteiger partial charge in [-0.2, -0.15) is 0 Å². The SMILES string of the molecule is CCC(C)(C)[C@@H](NCl)c1ccc(C)o1. The quantitative estimate of drug-likeness (QED) is 0.773. The van der Waals surface area contributed by atoms with Gasteiger partial charge in [-0.05, 0) is 42.7 Å². The van der Waals surface area contributed by atoms with Crippen LogP contribution in [0.15, 0.2) is 16.5 Å². The van der Waals surface area contributed by atoms with Gasteiger partial charge in [0.2, 0.25) is 0 Å². The maximum atomic E-state index is 5.76. The molecule has 0 aliphatic heterocycles. The fourth-order valence-electron chi connectivity index (χ4n) is 1.40. The van der Waals surface area contributed by atoms with E-state index in [1.54, 1.807) is 0 Å². The second-order valence-corrected chi connectivity index (χ2v) is 4.55. The Morgan fingerprint density at radius 1 is 1.50 bits per heavy atom. The Bertz CT molecular complexity index is 293.